The van der Waals surface area contributed by atoms with Crippen LogP contribution in [0.25, 0.3) is 0 Å². The van der Waals surface area contributed by atoms with Crippen LogP contribution in [-0.2, 0) is 12.6 Å². The monoisotopic (exact) mass is 386 g/mol. The Morgan fingerprint density at radius 2 is 1.75 bits per heavy atom. The van der Waals surface area contributed by atoms with Gasteiger partial charge in [0.05, 0.1) is 11.3 Å². The van der Waals surface area contributed by atoms with E-state index in [1.165, 1.54) is 30.5 Å². The standard InChI is InChI=1S/C20H17F3N4O/c1-2-13-7-9-14(10-8-13)25-18(28)17-11-12-24-19(27-17)26-16-6-4-3-5-15(16)20(21,22)23/h3-12H,2H2,1H3,(H,25,28)(H,24,26,27). The van der Waals surface area contributed by atoms with E-state index in [0.717, 1.165) is 18.1 Å². The molecule has 8 heteroatoms. The smallest absolute Gasteiger partial charge is 0.324 e. The maximum atomic E-state index is 13.1. The molecule has 0 unspecified atom stereocenters. The molecule has 0 bridgehead atoms. The third-order valence-electron chi connectivity index (χ3n) is 3.99. The number of alkyl halides is 3. The Hall–Kier alpha value is -3.42. The Kier molecular flexibility index (Phi) is 5.58. The van der Waals surface area contributed by atoms with Gasteiger partial charge in [0, 0.05) is 11.9 Å². The maximum Gasteiger partial charge on any atom is 0.418 e. The summed E-state index contributed by atoms with van der Waals surface area (Å²) in [6, 6.07) is 13.7. The number of aromatic nitrogens is 2. The number of hydrogen-bond donors (Lipinski definition) is 2. The third kappa shape index (κ3) is 4.64. The second-order valence-electron chi connectivity index (χ2n) is 5.94. The van der Waals surface area contributed by atoms with E-state index in [1.54, 1.807) is 12.1 Å². The molecule has 2 N–H and O–H groups in total. The van der Waals surface area contributed by atoms with Gasteiger partial charge in [0.1, 0.15) is 5.69 Å². The van der Waals surface area contributed by atoms with Gasteiger partial charge in [-0.3, -0.25) is 4.79 Å². The van der Waals surface area contributed by atoms with E-state index in [9.17, 15) is 18.0 Å². The van der Waals surface area contributed by atoms with Crippen LogP contribution in [0.5, 0.6) is 0 Å². The maximum absolute atomic E-state index is 13.1. The van der Waals surface area contributed by atoms with E-state index in [2.05, 4.69) is 20.6 Å². The average Bonchev–Trinajstić information content (AvgIpc) is 2.68. The van der Waals surface area contributed by atoms with E-state index in [1.807, 2.05) is 19.1 Å². The van der Waals surface area contributed by atoms with Crippen LogP contribution in [0.1, 0.15) is 28.5 Å². The van der Waals surface area contributed by atoms with Gasteiger partial charge in [-0.05, 0) is 42.3 Å². The van der Waals surface area contributed by atoms with Crippen LogP contribution >= 0.6 is 0 Å². The zero-order valence-electron chi connectivity index (χ0n) is 14.9. The topological polar surface area (TPSA) is 66.9 Å². The molecule has 1 aromatic heterocycles. The Bertz CT molecular complexity index is 972. The molecule has 28 heavy (non-hydrogen) atoms. The van der Waals surface area contributed by atoms with Gasteiger partial charge in [-0.2, -0.15) is 13.2 Å². The average molecular weight is 386 g/mol. The highest BCUT2D eigenvalue weighted by Crippen LogP contribution is 2.35. The molecule has 1 amide bonds. The van der Waals surface area contributed by atoms with E-state index in [0.29, 0.717) is 5.69 Å². The Labute approximate surface area is 159 Å². The molecule has 144 valence electrons. The van der Waals surface area contributed by atoms with Crippen molar-refractivity contribution in [2.45, 2.75) is 19.5 Å². The van der Waals surface area contributed by atoms with Gasteiger partial charge in [-0.15, -0.1) is 0 Å². The fraction of sp³-hybridized carbons (Fsp3) is 0.150. The van der Waals surface area contributed by atoms with Gasteiger partial charge < -0.3 is 10.6 Å². The van der Waals surface area contributed by atoms with Gasteiger partial charge in [-0.1, -0.05) is 31.2 Å². The number of para-hydroxylation sites is 1. The van der Waals surface area contributed by atoms with Crippen molar-refractivity contribution in [3.63, 3.8) is 0 Å². The van der Waals surface area contributed by atoms with Crippen LogP contribution in [0.15, 0.2) is 60.8 Å². The highest BCUT2D eigenvalue weighted by Gasteiger charge is 2.33. The number of amides is 1. The number of nitrogens with zero attached hydrogens (tertiary/aromatic N) is 2. The number of aryl methyl sites for hydroxylation is 1. The molecule has 0 fully saturated rings. The first-order valence-corrected chi connectivity index (χ1v) is 8.53. The summed E-state index contributed by atoms with van der Waals surface area (Å²) >= 11 is 0. The number of benzene rings is 2. The largest absolute Gasteiger partial charge is 0.418 e. The molecule has 0 spiro atoms. The van der Waals surface area contributed by atoms with Crippen LogP contribution in [0.3, 0.4) is 0 Å². The van der Waals surface area contributed by atoms with Crippen LogP contribution < -0.4 is 10.6 Å². The molecule has 0 saturated heterocycles. The minimum absolute atomic E-state index is 0.0292. The van der Waals surface area contributed by atoms with E-state index in [-0.39, 0.29) is 17.3 Å². The summed E-state index contributed by atoms with van der Waals surface area (Å²) in [5.74, 6) is -0.593. The summed E-state index contributed by atoms with van der Waals surface area (Å²) in [6.07, 6.45) is -2.33. The molecular formula is C20H17F3N4O. The van der Waals surface area contributed by atoms with Gasteiger partial charge in [0.15, 0.2) is 0 Å². The SMILES string of the molecule is CCc1ccc(NC(=O)c2ccnc(Nc3ccccc3C(F)(F)F)n2)cc1. The molecular weight excluding hydrogens is 369 g/mol. The number of carbonyl (C=O) groups is 1. The molecule has 2 aromatic carbocycles. The van der Waals surface area contributed by atoms with Crippen molar-refractivity contribution in [1.82, 2.24) is 9.97 Å². The number of anilines is 3. The second kappa shape index (κ2) is 8.08. The number of hydrogen-bond acceptors (Lipinski definition) is 4. The first kappa shape index (κ1) is 19.3. The van der Waals surface area contributed by atoms with E-state index >= 15 is 0 Å². The lowest BCUT2D eigenvalue weighted by atomic mass is 10.1. The molecule has 3 aromatic rings. The first-order chi connectivity index (χ1) is 13.4. The van der Waals surface area contributed by atoms with Crippen molar-refractivity contribution in [3.8, 4) is 0 Å². The Morgan fingerprint density at radius 3 is 2.43 bits per heavy atom. The number of rotatable bonds is 5. The summed E-state index contributed by atoms with van der Waals surface area (Å²) in [7, 11) is 0. The van der Waals surface area contributed by atoms with E-state index < -0.39 is 17.6 Å². The van der Waals surface area contributed by atoms with Gasteiger partial charge >= 0.3 is 6.18 Å². The molecule has 0 atom stereocenters. The highest BCUT2D eigenvalue weighted by molar-refractivity contribution is 6.03. The fourth-order valence-electron chi connectivity index (χ4n) is 2.52. The molecule has 0 aliphatic rings. The molecule has 0 aliphatic carbocycles. The zero-order chi connectivity index (χ0) is 20.1. The minimum atomic E-state index is -4.52. The van der Waals surface area contributed by atoms with Crippen LogP contribution in [0.2, 0.25) is 0 Å². The molecule has 0 aliphatic heterocycles. The van der Waals surface area contributed by atoms with Crippen molar-refractivity contribution >= 4 is 23.2 Å². The molecule has 5 nitrogen and oxygen atoms in total. The van der Waals surface area contributed by atoms with Gasteiger partial charge in [-0.25, -0.2) is 9.97 Å². The molecule has 0 radical (unpaired) electrons. The Balaban J connectivity index is 1.78. The van der Waals surface area contributed by atoms with Crippen molar-refractivity contribution in [2.24, 2.45) is 0 Å². The number of carbonyl (C=O) groups excluding carboxylic acids is 1. The predicted molar refractivity (Wildman–Crippen MR) is 101 cm³/mol. The second-order valence-corrected chi connectivity index (χ2v) is 5.94. The summed E-state index contributed by atoms with van der Waals surface area (Å²) in [4.78, 5) is 20.3. The van der Waals surface area contributed by atoms with Crippen LogP contribution in [0, 0.1) is 0 Å². The lowest BCUT2D eigenvalue weighted by Crippen LogP contribution is -2.15. The van der Waals surface area contributed by atoms with Crippen LogP contribution in [0.4, 0.5) is 30.5 Å². The summed E-state index contributed by atoms with van der Waals surface area (Å²) in [6.45, 7) is 2.03. The van der Waals surface area contributed by atoms with Gasteiger partial charge in [0.25, 0.3) is 5.91 Å². The summed E-state index contributed by atoms with van der Waals surface area (Å²) in [5.41, 5.74) is 0.723. The highest BCUT2D eigenvalue weighted by atomic mass is 19.4. The zero-order valence-corrected chi connectivity index (χ0v) is 14.9. The molecule has 3 rings (SSSR count). The van der Waals surface area contributed by atoms with Gasteiger partial charge in [0.2, 0.25) is 5.95 Å². The summed E-state index contributed by atoms with van der Waals surface area (Å²) < 4.78 is 39.3. The summed E-state index contributed by atoms with van der Waals surface area (Å²) in [5, 5.41) is 5.23. The van der Waals surface area contributed by atoms with Crippen molar-refractivity contribution in [1.29, 1.82) is 0 Å². The lowest BCUT2D eigenvalue weighted by Gasteiger charge is -2.13. The first-order valence-electron chi connectivity index (χ1n) is 8.53. The lowest BCUT2D eigenvalue weighted by molar-refractivity contribution is -0.136. The predicted octanol–water partition coefficient (Wildman–Crippen LogP) is 5.05. The van der Waals surface area contributed by atoms with E-state index in [4.69, 9.17) is 0 Å². The minimum Gasteiger partial charge on any atom is -0.324 e. The Morgan fingerprint density at radius 1 is 1.04 bits per heavy atom. The number of halogens is 3. The molecule has 0 saturated carbocycles. The normalized spacial score (nSPS) is 11.1. The van der Waals surface area contributed by atoms with Crippen molar-refractivity contribution in [2.75, 3.05) is 10.6 Å². The van der Waals surface area contributed by atoms with Crippen molar-refractivity contribution < 1.29 is 18.0 Å². The number of nitrogens with one attached hydrogen (secondary N) is 2. The third-order valence-corrected chi connectivity index (χ3v) is 3.99. The van der Waals surface area contributed by atoms with Crippen molar-refractivity contribution in [3.05, 3.63) is 77.6 Å². The molecule has 1 heterocycles. The van der Waals surface area contributed by atoms with Crippen LogP contribution in [-0.4, -0.2) is 15.9 Å². The quantitative estimate of drug-likeness (QED) is 0.644. The fourth-order valence-corrected chi connectivity index (χ4v) is 2.52.